The molecule has 100 valence electrons. The second-order valence-electron chi connectivity index (χ2n) is 5.17. The molecule has 4 nitrogen and oxygen atoms in total. The van der Waals surface area contributed by atoms with Crippen LogP contribution in [0.2, 0.25) is 0 Å². The van der Waals surface area contributed by atoms with Crippen molar-refractivity contribution in [2.45, 2.75) is 51.3 Å². The molecule has 1 fully saturated rings. The molecule has 1 aliphatic carbocycles. The van der Waals surface area contributed by atoms with Gasteiger partial charge in [-0.1, -0.05) is 26.1 Å². The Kier molecular flexibility index (Phi) is 4.92. The van der Waals surface area contributed by atoms with Crippen molar-refractivity contribution in [3.8, 4) is 0 Å². The van der Waals surface area contributed by atoms with Gasteiger partial charge in [0.1, 0.15) is 5.25 Å². The number of hydrogen-bond donors (Lipinski definition) is 2. The summed E-state index contributed by atoms with van der Waals surface area (Å²) in [6.45, 7) is 5.91. The van der Waals surface area contributed by atoms with E-state index in [1.54, 1.807) is 0 Å². The van der Waals surface area contributed by atoms with Crippen LogP contribution in [0.4, 0.5) is 0 Å². The molecule has 1 rings (SSSR count). The van der Waals surface area contributed by atoms with E-state index >= 15 is 0 Å². The summed E-state index contributed by atoms with van der Waals surface area (Å²) in [4.78, 5) is 0.0229. The Morgan fingerprint density at radius 2 is 1.94 bits per heavy atom. The molecular formula is C11H22N2O2S2. The van der Waals surface area contributed by atoms with Crippen LogP contribution in [0.25, 0.3) is 0 Å². The van der Waals surface area contributed by atoms with Gasteiger partial charge in [0, 0.05) is 6.04 Å². The second-order valence-corrected chi connectivity index (χ2v) is 7.68. The zero-order valence-electron chi connectivity index (χ0n) is 10.6. The van der Waals surface area contributed by atoms with E-state index in [2.05, 4.69) is 18.6 Å². The van der Waals surface area contributed by atoms with Crippen LogP contribution in [0, 0.1) is 11.8 Å². The van der Waals surface area contributed by atoms with Crippen molar-refractivity contribution < 1.29 is 8.42 Å². The lowest BCUT2D eigenvalue weighted by molar-refractivity contribution is 0.241. The van der Waals surface area contributed by atoms with Crippen LogP contribution < -0.4 is 10.5 Å². The van der Waals surface area contributed by atoms with Crippen molar-refractivity contribution in [2.75, 3.05) is 0 Å². The quantitative estimate of drug-likeness (QED) is 0.763. The molecular weight excluding hydrogens is 256 g/mol. The number of thiocarbonyl (C=S) groups is 1. The maximum absolute atomic E-state index is 11.9. The molecule has 0 aromatic rings. The second kappa shape index (κ2) is 5.63. The molecule has 0 radical (unpaired) electrons. The summed E-state index contributed by atoms with van der Waals surface area (Å²) in [7, 11) is -3.42. The SMILES string of the molecule is CC1CCC(NS(=O)(=O)C(C)C(N)=S)CC1C. The molecule has 0 amide bonds. The molecule has 4 unspecified atom stereocenters. The molecule has 0 aromatic heterocycles. The molecule has 0 aliphatic heterocycles. The Bertz CT molecular complexity index is 381. The Balaban J connectivity index is 2.63. The Labute approximate surface area is 109 Å². The van der Waals surface area contributed by atoms with E-state index in [0.29, 0.717) is 11.8 Å². The van der Waals surface area contributed by atoms with Gasteiger partial charge in [0.05, 0.1) is 4.99 Å². The van der Waals surface area contributed by atoms with Crippen LogP contribution in [-0.4, -0.2) is 24.7 Å². The Morgan fingerprint density at radius 1 is 1.35 bits per heavy atom. The van der Waals surface area contributed by atoms with E-state index in [-0.39, 0.29) is 11.0 Å². The number of hydrogen-bond acceptors (Lipinski definition) is 3. The highest BCUT2D eigenvalue weighted by atomic mass is 32.2. The molecule has 3 N–H and O–H groups in total. The summed E-state index contributed by atoms with van der Waals surface area (Å²) in [6, 6.07) is 0.0306. The van der Waals surface area contributed by atoms with Gasteiger partial charge in [-0.15, -0.1) is 0 Å². The van der Waals surface area contributed by atoms with Crippen molar-refractivity contribution in [3.05, 3.63) is 0 Å². The summed E-state index contributed by atoms with van der Waals surface area (Å²) >= 11 is 4.73. The van der Waals surface area contributed by atoms with E-state index in [9.17, 15) is 8.42 Å². The fourth-order valence-electron chi connectivity index (χ4n) is 2.14. The Hall–Kier alpha value is -0.200. The smallest absolute Gasteiger partial charge is 0.220 e. The van der Waals surface area contributed by atoms with Crippen molar-refractivity contribution >= 4 is 27.2 Å². The van der Waals surface area contributed by atoms with Crippen LogP contribution in [0.15, 0.2) is 0 Å². The van der Waals surface area contributed by atoms with Gasteiger partial charge < -0.3 is 5.73 Å². The topological polar surface area (TPSA) is 72.2 Å². The number of rotatable bonds is 4. The average molecular weight is 278 g/mol. The minimum absolute atomic E-state index is 0.0229. The van der Waals surface area contributed by atoms with E-state index in [0.717, 1.165) is 19.3 Å². The van der Waals surface area contributed by atoms with Gasteiger partial charge in [-0.25, -0.2) is 13.1 Å². The van der Waals surface area contributed by atoms with E-state index in [1.807, 2.05) is 0 Å². The zero-order chi connectivity index (χ0) is 13.2. The van der Waals surface area contributed by atoms with Crippen molar-refractivity contribution in [2.24, 2.45) is 17.6 Å². The number of nitrogens with one attached hydrogen (secondary N) is 1. The van der Waals surface area contributed by atoms with Crippen molar-refractivity contribution in [1.29, 1.82) is 0 Å². The standard InChI is InChI=1S/C11H22N2O2S2/c1-7-4-5-10(6-8(7)2)13-17(14,15)9(3)11(12)16/h7-10,13H,4-6H2,1-3H3,(H2,12,16). The summed E-state index contributed by atoms with van der Waals surface area (Å²) in [6.07, 6.45) is 2.86. The molecule has 0 saturated heterocycles. The molecule has 17 heavy (non-hydrogen) atoms. The normalized spacial score (nSPS) is 32.1. The van der Waals surface area contributed by atoms with Gasteiger partial charge in [-0.3, -0.25) is 0 Å². The monoisotopic (exact) mass is 278 g/mol. The number of sulfonamides is 1. The third kappa shape index (κ3) is 3.89. The van der Waals surface area contributed by atoms with Gasteiger partial charge >= 0.3 is 0 Å². The molecule has 0 aromatic carbocycles. The highest BCUT2D eigenvalue weighted by molar-refractivity contribution is 7.93. The molecule has 4 atom stereocenters. The van der Waals surface area contributed by atoms with Crippen molar-refractivity contribution in [3.63, 3.8) is 0 Å². The summed E-state index contributed by atoms with van der Waals surface area (Å²) in [5.74, 6) is 1.22. The predicted octanol–water partition coefficient (Wildman–Crippen LogP) is 1.41. The first kappa shape index (κ1) is 14.9. The van der Waals surface area contributed by atoms with E-state index in [4.69, 9.17) is 18.0 Å². The first-order chi connectivity index (χ1) is 7.74. The molecule has 0 bridgehead atoms. The third-order valence-corrected chi connectivity index (χ3v) is 6.14. The summed E-state index contributed by atoms with van der Waals surface area (Å²) in [5, 5.41) is -0.799. The van der Waals surface area contributed by atoms with E-state index in [1.165, 1.54) is 6.92 Å². The summed E-state index contributed by atoms with van der Waals surface area (Å²) in [5.41, 5.74) is 5.39. The van der Waals surface area contributed by atoms with Crippen LogP contribution in [0.3, 0.4) is 0 Å². The number of nitrogens with two attached hydrogens (primary N) is 1. The first-order valence-electron chi connectivity index (χ1n) is 6.04. The lowest BCUT2D eigenvalue weighted by Gasteiger charge is -2.32. The lowest BCUT2D eigenvalue weighted by Crippen LogP contribution is -2.46. The van der Waals surface area contributed by atoms with Crippen LogP contribution in [0.5, 0.6) is 0 Å². The molecule has 0 heterocycles. The molecule has 1 aliphatic rings. The molecule has 0 spiro atoms. The molecule has 1 saturated carbocycles. The molecule has 6 heteroatoms. The van der Waals surface area contributed by atoms with Gasteiger partial charge in [-0.2, -0.15) is 0 Å². The van der Waals surface area contributed by atoms with Gasteiger partial charge in [0.2, 0.25) is 10.0 Å². The largest absolute Gasteiger partial charge is 0.392 e. The van der Waals surface area contributed by atoms with Crippen LogP contribution in [0.1, 0.15) is 40.0 Å². The van der Waals surface area contributed by atoms with Crippen LogP contribution >= 0.6 is 12.2 Å². The highest BCUT2D eigenvalue weighted by Crippen LogP contribution is 2.29. The fraction of sp³-hybridized carbons (Fsp3) is 0.909. The maximum Gasteiger partial charge on any atom is 0.220 e. The van der Waals surface area contributed by atoms with Gasteiger partial charge in [-0.05, 0) is 38.0 Å². The van der Waals surface area contributed by atoms with Gasteiger partial charge in [0.25, 0.3) is 0 Å². The minimum atomic E-state index is -3.42. The first-order valence-corrected chi connectivity index (χ1v) is 8.00. The fourth-order valence-corrected chi connectivity index (χ4v) is 3.71. The highest BCUT2D eigenvalue weighted by Gasteiger charge is 2.30. The van der Waals surface area contributed by atoms with Gasteiger partial charge in [0.15, 0.2) is 0 Å². The maximum atomic E-state index is 11.9. The van der Waals surface area contributed by atoms with Crippen LogP contribution in [-0.2, 0) is 10.0 Å². The summed E-state index contributed by atoms with van der Waals surface area (Å²) < 4.78 is 26.6. The third-order valence-electron chi connectivity index (χ3n) is 3.80. The van der Waals surface area contributed by atoms with E-state index < -0.39 is 15.3 Å². The minimum Gasteiger partial charge on any atom is -0.392 e. The lowest BCUT2D eigenvalue weighted by atomic mass is 9.79. The zero-order valence-corrected chi connectivity index (χ0v) is 12.3. The average Bonchev–Trinajstić information content (AvgIpc) is 2.22. The Morgan fingerprint density at radius 3 is 2.41 bits per heavy atom. The van der Waals surface area contributed by atoms with Crippen molar-refractivity contribution in [1.82, 2.24) is 4.72 Å². The predicted molar refractivity (Wildman–Crippen MR) is 74.3 cm³/mol.